The quantitative estimate of drug-likeness (QED) is 0.0748. The average Bonchev–Trinajstić information content (AvgIpc) is 3.32. The topological polar surface area (TPSA) is 24.7 Å². The molecule has 0 aliphatic heterocycles. The van der Waals surface area contributed by atoms with Crippen LogP contribution in [0.5, 0.6) is 0 Å². The van der Waals surface area contributed by atoms with E-state index in [4.69, 9.17) is 9.49 Å². The molecule has 0 bridgehead atoms. The summed E-state index contributed by atoms with van der Waals surface area (Å²) in [6.45, 7) is 0. The highest BCUT2D eigenvalue weighted by Crippen LogP contribution is 2.51. The molecule has 0 unspecified atom stereocenters. The summed E-state index contributed by atoms with van der Waals surface area (Å²) in [6, 6.07) is 81.0. The third-order valence-corrected chi connectivity index (χ3v) is 17.5. The fourth-order valence-electron chi connectivity index (χ4n) is 7.34. The van der Waals surface area contributed by atoms with Crippen LogP contribution in [0.1, 0.15) is 30.4 Å². The van der Waals surface area contributed by atoms with Crippen LogP contribution < -0.4 is 31.8 Å². The van der Waals surface area contributed by atoms with Crippen molar-refractivity contribution in [1.82, 2.24) is 0 Å². The Kier molecular flexibility index (Phi) is 12.7. The molecule has 0 atom stereocenters. The van der Waals surface area contributed by atoms with Crippen molar-refractivity contribution < 1.29 is 0 Å². The summed E-state index contributed by atoms with van der Waals surface area (Å²) in [6.07, 6.45) is 2.33. The van der Waals surface area contributed by atoms with Gasteiger partial charge >= 0.3 is 0 Å². The molecule has 0 aliphatic carbocycles. The highest BCUT2D eigenvalue weighted by Gasteiger charge is 2.29. The minimum absolute atomic E-state index is 0.732. The fourth-order valence-corrected chi connectivity index (χ4v) is 14.4. The van der Waals surface area contributed by atoms with Crippen LogP contribution in [-0.2, 0) is 0 Å². The molecule has 0 N–H and O–H groups in total. The first-order valence-electron chi connectivity index (χ1n) is 20.0. The Morgan fingerprint density at radius 2 is 0.525 bits per heavy atom. The first-order chi connectivity index (χ1) is 29.3. The molecule has 0 aliphatic rings. The Labute approximate surface area is 349 Å². The number of hydrogen-bond acceptors (Lipinski definition) is 2. The van der Waals surface area contributed by atoms with Gasteiger partial charge in [0, 0.05) is 44.7 Å². The van der Waals surface area contributed by atoms with Gasteiger partial charge in [-0.05, 0) is 30.7 Å². The number of nitrogens with zero attached hydrogens (tertiary/aromatic N) is 2. The molecule has 0 radical (unpaired) electrons. The van der Waals surface area contributed by atoms with Gasteiger partial charge in [0.2, 0.25) is 0 Å². The number of unbranched alkanes of at least 4 members (excludes halogenated alkanes) is 2. The highest BCUT2D eigenvalue weighted by molar-refractivity contribution is 7.88. The SMILES string of the molecule is C(#Cc1ccccc1N=P(c1ccccc1)(c1ccccc1)c1ccccc1)CCCC#Cc1ccccc1N=P(c1ccccc1)(c1ccccc1)c1ccccc1. The van der Waals surface area contributed by atoms with Gasteiger partial charge in [0.15, 0.2) is 0 Å². The largest absolute Gasteiger partial charge is 0.253 e. The van der Waals surface area contributed by atoms with Crippen LogP contribution in [0.2, 0.25) is 0 Å². The van der Waals surface area contributed by atoms with E-state index in [1.54, 1.807) is 0 Å². The second kappa shape index (κ2) is 19.2. The van der Waals surface area contributed by atoms with Crippen molar-refractivity contribution in [3.05, 3.63) is 242 Å². The maximum absolute atomic E-state index is 5.73. The van der Waals surface area contributed by atoms with E-state index in [1.165, 1.54) is 31.8 Å². The van der Waals surface area contributed by atoms with Crippen molar-refractivity contribution in [3.8, 4) is 23.7 Å². The van der Waals surface area contributed by atoms with E-state index in [2.05, 4.69) is 254 Å². The molecule has 0 amide bonds. The second-order valence-corrected chi connectivity index (χ2v) is 20.0. The normalized spacial score (nSPS) is 11.0. The standard InChI is InChI=1S/C55H44N2P2/c1(2-10-28-46-30-24-26-44-54(46)56-58(48-32-12-4-13-33-48,49-34-14-5-15-35-49)50-36-16-6-17-37-50)3-11-29-47-31-25-27-45-55(47)57-59(51-38-18-7-19-39-51,52-40-20-8-21-41-52)53-42-22-9-23-43-53/h4-9,12-27,30-45H,1-3H2. The Morgan fingerprint density at radius 3 is 0.797 bits per heavy atom. The van der Waals surface area contributed by atoms with Gasteiger partial charge in [-0.2, -0.15) is 0 Å². The van der Waals surface area contributed by atoms with Crippen molar-refractivity contribution in [2.75, 3.05) is 0 Å². The van der Waals surface area contributed by atoms with Crippen LogP contribution in [0, 0.1) is 23.7 Å². The maximum Gasteiger partial charge on any atom is 0.0781 e. The third-order valence-electron chi connectivity index (χ3n) is 10.2. The van der Waals surface area contributed by atoms with E-state index in [0.29, 0.717) is 0 Å². The molecule has 8 rings (SSSR count). The van der Waals surface area contributed by atoms with Crippen LogP contribution in [0.3, 0.4) is 0 Å². The van der Waals surface area contributed by atoms with Gasteiger partial charge in [-0.3, -0.25) is 9.49 Å². The lowest BCUT2D eigenvalue weighted by Gasteiger charge is -2.27. The van der Waals surface area contributed by atoms with Crippen molar-refractivity contribution in [2.45, 2.75) is 19.3 Å². The van der Waals surface area contributed by atoms with E-state index >= 15 is 0 Å². The van der Waals surface area contributed by atoms with Gasteiger partial charge in [-0.25, -0.2) is 0 Å². The number of rotatable bonds is 10. The Balaban J connectivity index is 1.08. The minimum atomic E-state index is -2.42. The summed E-state index contributed by atoms with van der Waals surface area (Å²) in [7, 11) is -4.84. The molecule has 0 spiro atoms. The van der Waals surface area contributed by atoms with Gasteiger partial charge < -0.3 is 0 Å². The molecule has 2 nitrogen and oxygen atoms in total. The van der Waals surface area contributed by atoms with Crippen LogP contribution in [0.25, 0.3) is 0 Å². The Bertz CT molecular complexity index is 2450. The number of hydrogen-bond donors (Lipinski definition) is 0. The summed E-state index contributed by atoms with van der Waals surface area (Å²) in [4.78, 5) is 0. The van der Waals surface area contributed by atoms with Crippen LogP contribution >= 0.6 is 14.1 Å². The summed E-state index contributed by atoms with van der Waals surface area (Å²) < 4.78 is 11.5. The second-order valence-electron chi connectivity index (χ2n) is 14.0. The van der Waals surface area contributed by atoms with E-state index in [9.17, 15) is 0 Å². The highest BCUT2D eigenvalue weighted by atomic mass is 31.2. The molecule has 8 aromatic carbocycles. The van der Waals surface area contributed by atoms with Gasteiger partial charge in [0.1, 0.15) is 0 Å². The molecule has 8 aromatic rings. The van der Waals surface area contributed by atoms with Crippen molar-refractivity contribution in [1.29, 1.82) is 0 Å². The van der Waals surface area contributed by atoms with Crippen LogP contribution in [0.4, 0.5) is 11.4 Å². The molecule has 0 saturated carbocycles. The van der Waals surface area contributed by atoms with Crippen LogP contribution in [-0.4, -0.2) is 0 Å². The predicted octanol–water partition coefficient (Wildman–Crippen LogP) is 11.9. The predicted molar refractivity (Wildman–Crippen MR) is 255 cm³/mol. The fraction of sp³-hybridized carbons (Fsp3) is 0.0545. The summed E-state index contributed by atoms with van der Waals surface area (Å²) in [5, 5.41) is 7.25. The van der Waals surface area contributed by atoms with E-state index < -0.39 is 14.1 Å². The van der Waals surface area contributed by atoms with E-state index in [1.807, 2.05) is 0 Å². The van der Waals surface area contributed by atoms with Crippen LogP contribution in [0.15, 0.2) is 240 Å². The number of benzene rings is 8. The summed E-state index contributed by atoms with van der Waals surface area (Å²) >= 11 is 0. The van der Waals surface area contributed by atoms with E-state index in [0.717, 1.165) is 41.8 Å². The van der Waals surface area contributed by atoms with Crippen molar-refractivity contribution in [2.24, 2.45) is 9.49 Å². The lowest BCUT2D eigenvalue weighted by molar-refractivity contribution is 0.903. The Hall–Kier alpha value is -6.66. The molecule has 0 saturated heterocycles. The summed E-state index contributed by atoms with van der Waals surface area (Å²) in [5.41, 5.74) is 3.68. The molecular formula is C55H44N2P2. The zero-order valence-corrected chi connectivity index (χ0v) is 34.6. The smallest absolute Gasteiger partial charge is 0.0781 e. The Morgan fingerprint density at radius 1 is 0.288 bits per heavy atom. The van der Waals surface area contributed by atoms with Gasteiger partial charge in [-0.1, -0.05) is 230 Å². The molecule has 59 heavy (non-hydrogen) atoms. The minimum Gasteiger partial charge on any atom is -0.253 e. The maximum atomic E-state index is 5.73. The van der Waals surface area contributed by atoms with Crippen molar-refractivity contribution in [3.63, 3.8) is 0 Å². The molecule has 0 fully saturated rings. The van der Waals surface area contributed by atoms with Crippen molar-refractivity contribution >= 4 is 57.3 Å². The first kappa shape index (κ1) is 39.2. The molecule has 0 aromatic heterocycles. The molecular weight excluding hydrogens is 751 g/mol. The molecule has 284 valence electrons. The zero-order chi connectivity index (χ0) is 40.0. The summed E-state index contributed by atoms with van der Waals surface area (Å²) in [5.74, 6) is 13.9. The first-order valence-corrected chi connectivity index (χ1v) is 23.5. The average molecular weight is 795 g/mol. The van der Waals surface area contributed by atoms with Gasteiger partial charge in [0.25, 0.3) is 0 Å². The monoisotopic (exact) mass is 794 g/mol. The molecule has 4 heteroatoms. The lowest BCUT2D eigenvalue weighted by Crippen LogP contribution is -2.25. The van der Waals surface area contributed by atoms with Gasteiger partial charge in [-0.15, -0.1) is 0 Å². The lowest BCUT2D eigenvalue weighted by atomic mass is 10.1. The van der Waals surface area contributed by atoms with E-state index in [-0.39, 0.29) is 0 Å². The zero-order valence-electron chi connectivity index (χ0n) is 32.8. The van der Waals surface area contributed by atoms with Gasteiger partial charge in [0.05, 0.1) is 36.6 Å². The molecule has 0 heterocycles. The third kappa shape index (κ3) is 8.78.